The van der Waals surface area contributed by atoms with E-state index < -0.39 is 17.4 Å². The van der Waals surface area contributed by atoms with E-state index in [1.54, 1.807) is 0 Å². The average Bonchev–Trinajstić information content (AvgIpc) is 3.09. The van der Waals surface area contributed by atoms with Crippen LogP contribution in [0, 0.1) is 5.92 Å². The van der Waals surface area contributed by atoms with Crippen molar-refractivity contribution in [2.45, 2.75) is 51.0 Å². The molecule has 2 unspecified atom stereocenters. The van der Waals surface area contributed by atoms with Crippen LogP contribution >= 0.6 is 0 Å². The Morgan fingerprint density at radius 3 is 2.69 bits per heavy atom. The minimum absolute atomic E-state index is 0.0866. The highest BCUT2D eigenvalue weighted by molar-refractivity contribution is 5.79. The van der Waals surface area contributed by atoms with E-state index in [-0.39, 0.29) is 5.91 Å². The van der Waals surface area contributed by atoms with Gasteiger partial charge in [-0.25, -0.2) is 0 Å². The number of rotatable bonds is 6. The molecular weight excluding hydrogens is 328 g/mol. The van der Waals surface area contributed by atoms with Crippen molar-refractivity contribution in [1.29, 1.82) is 0 Å². The zero-order valence-corrected chi connectivity index (χ0v) is 15.1. The largest absolute Gasteiger partial charge is 0.481 e. The lowest BCUT2D eigenvalue weighted by Gasteiger charge is -2.39. The maximum Gasteiger partial charge on any atom is 0.308 e. The Labute approximate surface area is 153 Å². The van der Waals surface area contributed by atoms with Gasteiger partial charge in [0.05, 0.1) is 11.5 Å². The number of aliphatic carboxylic acids is 1. The van der Waals surface area contributed by atoms with Gasteiger partial charge in [-0.05, 0) is 43.9 Å². The number of aryl methyl sites for hydroxylation is 1. The van der Waals surface area contributed by atoms with E-state index >= 15 is 0 Å². The molecule has 1 heterocycles. The van der Waals surface area contributed by atoms with E-state index in [2.05, 4.69) is 10.3 Å². The van der Waals surface area contributed by atoms with Gasteiger partial charge >= 0.3 is 5.97 Å². The molecule has 0 radical (unpaired) electrons. The molecule has 5 nitrogen and oxygen atoms in total. The maximum atomic E-state index is 12.4. The number of hydrogen-bond acceptors (Lipinski definition) is 2. The molecule has 1 aliphatic carbocycles. The molecule has 1 aromatic carbocycles. The van der Waals surface area contributed by atoms with E-state index in [0.29, 0.717) is 19.3 Å². The second kappa shape index (κ2) is 7.77. The summed E-state index contributed by atoms with van der Waals surface area (Å²) in [5, 5.41) is 12.5. The number of carboxylic acid groups (broad SMARTS) is 1. The molecule has 0 saturated heterocycles. The van der Waals surface area contributed by atoms with Gasteiger partial charge in [-0.1, -0.05) is 43.2 Å². The molecule has 0 spiro atoms. The summed E-state index contributed by atoms with van der Waals surface area (Å²) in [6.07, 6.45) is 4.16. The monoisotopic (exact) mass is 354 g/mol. The second-order valence-corrected chi connectivity index (χ2v) is 7.37. The van der Waals surface area contributed by atoms with E-state index in [1.807, 2.05) is 49.4 Å². The summed E-state index contributed by atoms with van der Waals surface area (Å²) in [6, 6.07) is 14.1. The van der Waals surface area contributed by atoms with Crippen molar-refractivity contribution >= 4 is 11.9 Å². The third kappa shape index (κ3) is 4.15. The van der Waals surface area contributed by atoms with Crippen molar-refractivity contribution in [3.63, 3.8) is 0 Å². The number of hydrogen-bond donors (Lipinski definition) is 3. The lowest BCUT2D eigenvalue weighted by atomic mass is 9.74. The third-order valence-electron chi connectivity index (χ3n) is 5.38. The Hall–Kier alpha value is -2.56. The first-order valence-corrected chi connectivity index (χ1v) is 9.25. The maximum absolute atomic E-state index is 12.4. The van der Waals surface area contributed by atoms with E-state index in [9.17, 15) is 14.7 Å². The number of nitrogens with one attached hydrogen (secondary N) is 2. The number of aromatic nitrogens is 1. The molecule has 2 aromatic rings. The van der Waals surface area contributed by atoms with E-state index in [4.69, 9.17) is 0 Å². The minimum atomic E-state index is -0.815. The highest BCUT2D eigenvalue weighted by atomic mass is 16.4. The summed E-state index contributed by atoms with van der Waals surface area (Å²) in [4.78, 5) is 27.3. The Balaban J connectivity index is 1.57. The Morgan fingerprint density at radius 1 is 1.19 bits per heavy atom. The van der Waals surface area contributed by atoms with Crippen molar-refractivity contribution in [3.8, 4) is 11.3 Å². The molecule has 3 rings (SSSR count). The van der Waals surface area contributed by atoms with Crippen molar-refractivity contribution < 1.29 is 14.7 Å². The molecule has 1 saturated carbocycles. The number of benzene rings is 1. The highest BCUT2D eigenvalue weighted by Gasteiger charge is 2.41. The molecule has 26 heavy (non-hydrogen) atoms. The molecule has 2 atom stereocenters. The molecule has 5 heteroatoms. The molecule has 0 aliphatic heterocycles. The zero-order chi connectivity index (χ0) is 18.6. The van der Waals surface area contributed by atoms with Crippen LogP contribution in [0.3, 0.4) is 0 Å². The molecule has 1 aromatic heterocycles. The van der Waals surface area contributed by atoms with Crippen LogP contribution in [0.15, 0.2) is 42.5 Å². The molecule has 0 bridgehead atoms. The molecule has 3 N–H and O–H groups in total. The standard InChI is InChI=1S/C21H26N2O3/c1-21(14-6-5-9-17(21)20(25)26)23-19(24)13-11-16-10-12-18(22-16)15-7-3-2-4-8-15/h2-4,7-8,10,12,17,22H,5-6,9,11,13-14H2,1H3,(H,23,24)(H,25,26). The summed E-state index contributed by atoms with van der Waals surface area (Å²) in [5.74, 6) is -1.41. The first kappa shape index (κ1) is 18.2. The van der Waals surface area contributed by atoms with Gasteiger partial charge in [0, 0.05) is 17.8 Å². The van der Waals surface area contributed by atoms with E-state index in [1.165, 1.54) is 0 Å². The van der Waals surface area contributed by atoms with Crippen LogP contribution in [0.2, 0.25) is 0 Å². The highest BCUT2D eigenvalue weighted by Crippen LogP contribution is 2.34. The van der Waals surface area contributed by atoms with Gasteiger partial charge in [-0.15, -0.1) is 0 Å². The number of carbonyl (C=O) groups is 2. The van der Waals surface area contributed by atoms with Crippen molar-refractivity contribution in [2.75, 3.05) is 0 Å². The van der Waals surface area contributed by atoms with E-state index in [0.717, 1.165) is 36.2 Å². The van der Waals surface area contributed by atoms with Crippen LogP contribution in [0.1, 0.15) is 44.7 Å². The van der Waals surface area contributed by atoms with Crippen molar-refractivity contribution in [3.05, 3.63) is 48.2 Å². The lowest BCUT2D eigenvalue weighted by molar-refractivity contribution is -0.146. The first-order valence-electron chi connectivity index (χ1n) is 9.25. The number of carboxylic acids is 1. The quantitative estimate of drug-likeness (QED) is 0.738. The fourth-order valence-electron chi connectivity index (χ4n) is 3.88. The third-order valence-corrected chi connectivity index (χ3v) is 5.38. The van der Waals surface area contributed by atoms with Crippen molar-refractivity contribution in [2.24, 2.45) is 5.92 Å². The second-order valence-electron chi connectivity index (χ2n) is 7.37. The van der Waals surface area contributed by atoms with Crippen LogP contribution in [-0.4, -0.2) is 27.5 Å². The number of H-pyrrole nitrogens is 1. The fraction of sp³-hybridized carbons (Fsp3) is 0.429. The summed E-state index contributed by atoms with van der Waals surface area (Å²) in [6.45, 7) is 1.87. The summed E-state index contributed by atoms with van der Waals surface area (Å²) < 4.78 is 0. The molecule has 1 aliphatic rings. The summed E-state index contributed by atoms with van der Waals surface area (Å²) >= 11 is 0. The average molecular weight is 354 g/mol. The Kier molecular flexibility index (Phi) is 5.45. The van der Waals surface area contributed by atoms with Gasteiger partial charge in [0.1, 0.15) is 0 Å². The molecule has 1 amide bonds. The summed E-state index contributed by atoms with van der Waals surface area (Å²) in [7, 11) is 0. The van der Waals surface area contributed by atoms with Gasteiger partial charge < -0.3 is 15.4 Å². The van der Waals surface area contributed by atoms with Gasteiger partial charge in [-0.2, -0.15) is 0 Å². The Morgan fingerprint density at radius 2 is 1.96 bits per heavy atom. The molecular formula is C21H26N2O3. The SMILES string of the molecule is CC1(NC(=O)CCc2ccc(-c3ccccc3)[nH]2)CCCCC1C(=O)O. The van der Waals surface area contributed by atoms with Gasteiger partial charge in [-0.3, -0.25) is 9.59 Å². The van der Waals surface area contributed by atoms with Gasteiger partial charge in [0.2, 0.25) is 5.91 Å². The van der Waals surface area contributed by atoms with Gasteiger partial charge in [0.15, 0.2) is 0 Å². The predicted octanol–water partition coefficient (Wildman–Crippen LogP) is 3.76. The Bertz CT molecular complexity index is 769. The predicted molar refractivity (Wildman–Crippen MR) is 101 cm³/mol. The lowest BCUT2D eigenvalue weighted by Crippen LogP contribution is -2.55. The zero-order valence-electron chi connectivity index (χ0n) is 15.1. The minimum Gasteiger partial charge on any atom is -0.481 e. The van der Waals surface area contributed by atoms with Crippen LogP contribution in [0.4, 0.5) is 0 Å². The summed E-state index contributed by atoms with van der Waals surface area (Å²) in [5.41, 5.74) is 2.50. The topological polar surface area (TPSA) is 82.2 Å². The number of aromatic amines is 1. The van der Waals surface area contributed by atoms with Crippen molar-refractivity contribution in [1.82, 2.24) is 10.3 Å². The molecule has 138 valence electrons. The number of carbonyl (C=O) groups excluding carboxylic acids is 1. The fourth-order valence-corrected chi connectivity index (χ4v) is 3.88. The van der Waals surface area contributed by atoms with Crippen LogP contribution in [0.25, 0.3) is 11.3 Å². The smallest absolute Gasteiger partial charge is 0.308 e. The molecule has 1 fully saturated rings. The van der Waals surface area contributed by atoms with Crippen LogP contribution in [0.5, 0.6) is 0 Å². The van der Waals surface area contributed by atoms with Gasteiger partial charge in [0.25, 0.3) is 0 Å². The first-order chi connectivity index (χ1) is 12.5. The van der Waals surface area contributed by atoms with Crippen LogP contribution in [-0.2, 0) is 16.0 Å². The number of amides is 1. The normalized spacial score (nSPS) is 22.7. The van der Waals surface area contributed by atoms with Crippen LogP contribution < -0.4 is 5.32 Å².